The molecule has 8 nitrogen and oxygen atoms in total. The van der Waals surface area contributed by atoms with Gasteiger partial charge >= 0.3 is 6.01 Å². The molecule has 0 saturated heterocycles. The lowest BCUT2D eigenvalue weighted by molar-refractivity contribution is 0.102. The molecule has 0 unspecified atom stereocenters. The molecule has 0 aliphatic rings. The number of carbonyl (C=O) groups excluding carboxylic acids is 1. The van der Waals surface area contributed by atoms with Crippen molar-refractivity contribution in [2.24, 2.45) is 5.41 Å². The van der Waals surface area contributed by atoms with Gasteiger partial charge in [0, 0.05) is 34.9 Å². The van der Waals surface area contributed by atoms with E-state index in [4.69, 9.17) is 9.15 Å². The number of ether oxygens (including phenoxy) is 1. The maximum Gasteiger partial charge on any atom is 0.318 e. The highest BCUT2D eigenvalue weighted by Gasteiger charge is 2.20. The molecule has 8 heteroatoms. The van der Waals surface area contributed by atoms with Crippen LogP contribution in [-0.2, 0) is 0 Å². The van der Waals surface area contributed by atoms with Gasteiger partial charge in [-0.25, -0.2) is 4.98 Å². The molecule has 2 aromatic carbocycles. The molecule has 0 radical (unpaired) electrons. The van der Waals surface area contributed by atoms with Gasteiger partial charge in [-0.05, 0) is 63.0 Å². The number of amides is 1. The van der Waals surface area contributed by atoms with Crippen LogP contribution in [0, 0.1) is 12.3 Å². The van der Waals surface area contributed by atoms with E-state index in [1.165, 1.54) is 0 Å². The van der Waals surface area contributed by atoms with Crippen LogP contribution >= 0.6 is 0 Å². The number of aromatic nitrogens is 2. The number of hydrogen-bond acceptors (Lipinski definition) is 7. The van der Waals surface area contributed by atoms with Gasteiger partial charge in [0.15, 0.2) is 0 Å². The van der Waals surface area contributed by atoms with Crippen LogP contribution in [0.4, 0.5) is 17.2 Å². The molecule has 2 N–H and O–H groups in total. The number of nitrogens with zero attached hydrogens (tertiary/aromatic N) is 3. The Kier molecular flexibility index (Phi) is 7.02. The molecule has 2 aromatic heterocycles. The van der Waals surface area contributed by atoms with Crippen molar-refractivity contribution < 1.29 is 13.9 Å². The average molecular weight is 474 g/mol. The third-order valence-corrected chi connectivity index (χ3v) is 5.47. The fourth-order valence-electron chi connectivity index (χ4n) is 4.00. The van der Waals surface area contributed by atoms with Crippen LogP contribution in [0.3, 0.4) is 0 Å². The molecule has 0 fully saturated rings. The molecule has 0 spiro atoms. The van der Waals surface area contributed by atoms with Crippen LogP contribution in [0.25, 0.3) is 11.0 Å². The molecule has 0 aliphatic heterocycles. The summed E-state index contributed by atoms with van der Waals surface area (Å²) in [5, 5.41) is 7.07. The van der Waals surface area contributed by atoms with E-state index >= 15 is 0 Å². The summed E-state index contributed by atoms with van der Waals surface area (Å²) in [5.41, 5.74) is 3.69. The van der Waals surface area contributed by atoms with E-state index in [0.29, 0.717) is 35.3 Å². The minimum Gasteiger partial charge on any atom is -0.464 e. The Morgan fingerprint density at radius 2 is 1.97 bits per heavy atom. The zero-order valence-electron chi connectivity index (χ0n) is 20.8. The number of furan rings is 1. The third-order valence-electron chi connectivity index (χ3n) is 5.47. The lowest BCUT2D eigenvalue weighted by Crippen LogP contribution is -2.33. The second-order valence-electron chi connectivity index (χ2n) is 9.66. The first-order valence-electron chi connectivity index (χ1n) is 11.5. The van der Waals surface area contributed by atoms with Gasteiger partial charge in [-0.3, -0.25) is 4.79 Å². The van der Waals surface area contributed by atoms with Gasteiger partial charge in [0.25, 0.3) is 5.91 Å². The lowest BCUT2D eigenvalue weighted by Gasteiger charge is -2.27. The Balaban J connectivity index is 1.46. The van der Waals surface area contributed by atoms with E-state index in [2.05, 4.69) is 39.3 Å². The van der Waals surface area contributed by atoms with Crippen molar-refractivity contribution >= 4 is 34.1 Å². The van der Waals surface area contributed by atoms with Crippen molar-refractivity contribution in [2.45, 2.75) is 20.8 Å². The zero-order chi connectivity index (χ0) is 25.0. The van der Waals surface area contributed by atoms with E-state index in [-0.39, 0.29) is 11.3 Å². The molecule has 182 valence electrons. The molecular formula is C27H31N5O3. The molecule has 0 bridgehead atoms. The van der Waals surface area contributed by atoms with Crippen molar-refractivity contribution in [3.63, 3.8) is 0 Å². The van der Waals surface area contributed by atoms with E-state index in [9.17, 15) is 4.79 Å². The summed E-state index contributed by atoms with van der Waals surface area (Å²) >= 11 is 0. The van der Waals surface area contributed by atoms with E-state index in [0.717, 1.165) is 23.2 Å². The van der Waals surface area contributed by atoms with Gasteiger partial charge in [-0.2, -0.15) is 4.98 Å². The normalized spacial score (nSPS) is 11.6. The molecule has 0 atom stereocenters. The van der Waals surface area contributed by atoms with Gasteiger partial charge in [0.2, 0.25) is 0 Å². The zero-order valence-corrected chi connectivity index (χ0v) is 20.8. The number of carbonyl (C=O) groups is 1. The van der Waals surface area contributed by atoms with E-state index in [1.54, 1.807) is 36.7 Å². The molecule has 35 heavy (non-hydrogen) atoms. The largest absolute Gasteiger partial charge is 0.464 e. The number of anilines is 3. The van der Waals surface area contributed by atoms with Gasteiger partial charge < -0.3 is 24.7 Å². The average Bonchev–Trinajstić information content (AvgIpc) is 3.28. The first-order chi connectivity index (χ1) is 16.7. The van der Waals surface area contributed by atoms with Crippen LogP contribution in [0.5, 0.6) is 6.01 Å². The Morgan fingerprint density at radius 1 is 1.14 bits per heavy atom. The van der Waals surface area contributed by atoms with Gasteiger partial charge in [0.05, 0.1) is 18.4 Å². The molecule has 1 amide bonds. The highest BCUT2D eigenvalue weighted by Crippen LogP contribution is 2.26. The Morgan fingerprint density at radius 3 is 2.77 bits per heavy atom. The van der Waals surface area contributed by atoms with Crippen LogP contribution in [-0.4, -0.2) is 48.0 Å². The Bertz CT molecular complexity index is 1330. The van der Waals surface area contributed by atoms with Crippen LogP contribution in [0.1, 0.15) is 29.8 Å². The summed E-state index contributed by atoms with van der Waals surface area (Å²) in [6.45, 7) is 7.66. The minimum absolute atomic E-state index is 0.0415. The highest BCUT2D eigenvalue weighted by molar-refractivity contribution is 6.12. The second kappa shape index (κ2) is 10.1. The van der Waals surface area contributed by atoms with Gasteiger partial charge in [0.1, 0.15) is 11.4 Å². The first-order valence-corrected chi connectivity index (χ1v) is 11.5. The fourth-order valence-corrected chi connectivity index (χ4v) is 4.00. The lowest BCUT2D eigenvalue weighted by atomic mass is 9.94. The molecule has 2 heterocycles. The SMILES string of the molecule is Cc1ccc(NC(=O)c2cccc3occc23)cc1Nc1ccnc(OCC(C)(C)CN(C)C)n1. The Hall–Kier alpha value is -3.91. The number of benzene rings is 2. The molecule has 4 rings (SSSR count). The Labute approximate surface area is 205 Å². The summed E-state index contributed by atoms with van der Waals surface area (Å²) < 4.78 is 11.3. The number of nitrogens with one attached hydrogen (secondary N) is 2. The predicted molar refractivity (Wildman–Crippen MR) is 138 cm³/mol. The smallest absolute Gasteiger partial charge is 0.318 e. The number of aryl methyl sites for hydroxylation is 1. The summed E-state index contributed by atoms with van der Waals surface area (Å²) in [7, 11) is 4.08. The van der Waals surface area contributed by atoms with Crippen molar-refractivity contribution in [1.29, 1.82) is 0 Å². The summed E-state index contributed by atoms with van der Waals surface area (Å²) in [6.07, 6.45) is 3.24. The van der Waals surface area contributed by atoms with Crippen LogP contribution in [0.15, 0.2) is 65.4 Å². The number of fused-ring (bicyclic) bond motifs is 1. The standard InChI is InChI=1S/C27H31N5O3/c1-18-9-10-19(29-25(33)21-7-6-8-23-20(21)12-14-34-23)15-22(18)30-24-11-13-28-26(31-24)35-17-27(2,3)16-32(4)5/h6-15H,16-17H2,1-5H3,(H,29,33)(H,28,30,31). The second-order valence-corrected chi connectivity index (χ2v) is 9.66. The summed E-state index contributed by atoms with van der Waals surface area (Å²) in [4.78, 5) is 23.8. The number of rotatable bonds is 9. The van der Waals surface area contributed by atoms with Crippen molar-refractivity contribution in [1.82, 2.24) is 14.9 Å². The molecule has 0 saturated carbocycles. The highest BCUT2D eigenvalue weighted by atomic mass is 16.5. The van der Waals surface area contributed by atoms with Crippen molar-refractivity contribution in [3.8, 4) is 6.01 Å². The topological polar surface area (TPSA) is 92.5 Å². The first kappa shape index (κ1) is 24.2. The monoisotopic (exact) mass is 473 g/mol. The quantitative estimate of drug-likeness (QED) is 0.332. The van der Waals surface area contributed by atoms with E-state index in [1.807, 2.05) is 45.3 Å². The summed E-state index contributed by atoms with van der Waals surface area (Å²) in [5.74, 6) is 0.403. The molecular weight excluding hydrogens is 442 g/mol. The fraction of sp³-hybridized carbons (Fsp3) is 0.296. The predicted octanol–water partition coefficient (Wildman–Crippen LogP) is 5.49. The van der Waals surface area contributed by atoms with Crippen LogP contribution < -0.4 is 15.4 Å². The molecule has 0 aliphatic carbocycles. The third kappa shape index (κ3) is 6.16. The number of hydrogen-bond donors (Lipinski definition) is 2. The van der Waals surface area contributed by atoms with Gasteiger partial charge in [-0.1, -0.05) is 26.0 Å². The van der Waals surface area contributed by atoms with Gasteiger partial charge in [-0.15, -0.1) is 0 Å². The van der Waals surface area contributed by atoms with E-state index < -0.39 is 0 Å². The van der Waals surface area contributed by atoms with Crippen LogP contribution in [0.2, 0.25) is 0 Å². The minimum atomic E-state index is -0.204. The molecule has 4 aromatic rings. The maximum absolute atomic E-state index is 12.9. The maximum atomic E-state index is 12.9. The van der Waals surface area contributed by atoms with Crippen molar-refractivity contribution in [2.75, 3.05) is 37.9 Å². The van der Waals surface area contributed by atoms with Crippen molar-refractivity contribution in [3.05, 3.63) is 72.1 Å². The summed E-state index contributed by atoms with van der Waals surface area (Å²) in [6, 6.07) is 15.0.